The number of nitrogens with zero attached hydrogens (tertiary/aromatic N) is 1. The Morgan fingerprint density at radius 2 is 2.44 bits per heavy atom. The van der Waals surface area contributed by atoms with Gasteiger partial charge in [-0.15, -0.1) is 0 Å². The summed E-state index contributed by atoms with van der Waals surface area (Å²) in [5.41, 5.74) is 3.01. The number of likely N-dealkylation sites (tertiary alicyclic amines) is 1. The molecule has 0 aromatic heterocycles. The SMILES string of the molecule is CN1CC2CONC2C1. The molecule has 2 unspecified atom stereocenters. The van der Waals surface area contributed by atoms with E-state index in [4.69, 9.17) is 4.84 Å². The van der Waals surface area contributed by atoms with Crippen LogP contribution in [0.25, 0.3) is 0 Å². The normalized spacial score (nSPS) is 43.7. The minimum Gasteiger partial charge on any atom is -0.304 e. The molecule has 3 nitrogen and oxygen atoms in total. The van der Waals surface area contributed by atoms with Crippen molar-refractivity contribution < 1.29 is 4.84 Å². The van der Waals surface area contributed by atoms with Gasteiger partial charge in [-0.05, 0) is 7.05 Å². The maximum Gasteiger partial charge on any atom is 0.0739 e. The van der Waals surface area contributed by atoms with Crippen molar-refractivity contribution in [3.8, 4) is 0 Å². The molecule has 2 aliphatic heterocycles. The fourth-order valence-corrected chi connectivity index (χ4v) is 1.65. The van der Waals surface area contributed by atoms with Gasteiger partial charge in [-0.3, -0.25) is 0 Å². The van der Waals surface area contributed by atoms with Gasteiger partial charge in [0.05, 0.1) is 12.6 Å². The number of rotatable bonds is 0. The molecule has 2 saturated heterocycles. The van der Waals surface area contributed by atoms with E-state index in [0.717, 1.165) is 19.1 Å². The monoisotopic (exact) mass is 128 g/mol. The summed E-state index contributed by atoms with van der Waals surface area (Å²) in [4.78, 5) is 7.42. The molecule has 3 heteroatoms. The van der Waals surface area contributed by atoms with Gasteiger partial charge in [-0.1, -0.05) is 0 Å². The van der Waals surface area contributed by atoms with Crippen LogP contribution in [0.1, 0.15) is 0 Å². The van der Waals surface area contributed by atoms with Gasteiger partial charge < -0.3 is 9.74 Å². The zero-order chi connectivity index (χ0) is 6.27. The van der Waals surface area contributed by atoms with Gasteiger partial charge in [0.1, 0.15) is 0 Å². The van der Waals surface area contributed by atoms with Crippen LogP contribution in [0.3, 0.4) is 0 Å². The van der Waals surface area contributed by atoms with Crippen LogP contribution in [-0.2, 0) is 4.84 Å². The van der Waals surface area contributed by atoms with Crippen molar-refractivity contribution in [2.24, 2.45) is 5.92 Å². The summed E-state index contributed by atoms with van der Waals surface area (Å²) < 4.78 is 0. The van der Waals surface area contributed by atoms with E-state index in [-0.39, 0.29) is 0 Å². The second kappa shape index (κ2) is 1.94. The highest BCUT2D eigenvalue weighted by atomic mass is 16.7. The molecule has 0 radical (unpaired) electrons. The predicted molar refractivity (Wildman–Crippen MR) is 33.9 cm³/mol. The lowest BCUT2D eigenvalue weighted by atomic mass is 10.1. The van der Waals surface area contributed by atoms with Gasteiger partial charge >= 0.3 is 0 Å². The van der Waals surface area contributed by atoms with Gasteiger partial charge in [0.15, 0.2) is 0 Å². The predicted octanol–water partition coefficient (Wildman–Crippen LogP) is -0.549. The highest BCUT2D eigenvalue weighted by Gasteiger charge is 2.35. The smallest absolute Gasteiger partial charge is 0.0739 e. The van der Waals surface area contributed by atoms with Crippen molar-refractivity contribution in [2.45, 2.75) is 6.04 Å². The lowest BCUT2D eigenvalue weighted by Crippen LogP contribution is -2.27. The number of likely N-dealkylation sites (N-methyl/N-ethyl adjacent to an activating group) is 1. The van der Waals surface area contributed by atoms with Crippen molar-refractivity contribution in [1.82, 2.24) is 10.4 Å². The van der Waals surface area contributed by atoms with Gasteiger partial charge in [0, 0.05) is 19.0 Å². The van der Waals surface area contributed by atoms with Gasteiger partial charge in [-0.2, -0.15) is 5.48 Å². The van der Waals surface area contributed by atoms with E-state index in [0.29, 0.717) is 6.04 Å². The molecule has 0 aliphatic carbocycles. The first kappa shape index (κ1) is 5.65. The first-order chi connectivity index (χ1) is 4.36. The molecule has 0 bridgehead atoms. The molecular formula is C6H12N2O. The molecule has 0 aromatic carbocycles. The Balaban J connectivity index is 2.02. The van der Waals surface area contributed by atoms with Crippen molar-refractivity contribution in [3.05, 3.63) is 0 Å². The number of nitrogens with one attached hydrogen (secondary N) is 1. The maximum atomic E-state index is 5.08. The average Bonchev–Trinajstić information content (AvgIpc) is 2.22. The summed E-state index contributed by atoms with van der Waals surface area (Å²) in [5, 5.41) is 0. The van der Waals surface area contributed by atoms with Gasteiger partial charge in [0.25, 0.3) is 0 Å². The topological polar surface area (TPSA) is 24.5 Å². The van der Waals surface area contributed by atoms with Crippen LogP contribution < -0.4 is 5.48 Å². The van der Waals surface area contributed by atoms with Gasteiger partial charge in [0.2, 0.25) is 0 Å². The van der Waals surface area contributed by atoms with Crippen molar-refractivity contribution in [3.63, 3.8) is 0 Å². The molecule has 2 aliphatic rings. The zero-order valence-electron chi connectivity index (χ0n) is 5.63. The first-order valence-electron chi connectivity index (χ1n) is 3.42. The third-order valence-electron chi connectivity index (χ3n) is 2.16. The second-order valence-electron chi connectivity index (χ2n) is 3.02. The van der Waals surface area contributed by atoms with Crippen molar-refractivity contribution in [1.29, 1.82) is 0 Å². The number of hydrogen-bond acceptors (Lipinski definition) is 3. The van der Waals surface area contributed by atoms with E-state index >= 15 is 0 Å². The summed E-state index contributed by atoms with van der Waals surface area (Å²) in [5.74, 6) is 0.745. The standard InChI is InChI=1S/C6H12N2O/c1-8-2-5-4-9-7-6(5)3-8/h5-7H,2-4H2,1H3. The molecule has 2 atom stereocenters. The van der Waals surface area contributed by atoms with Crippen LogP contribution in [0.2, 0.25) is 0 Å². The van der Waals surface area contributed by atoms with Crippen LogP contribution >= 0.6 is 0 Å². The molecular weight excluding hydrogens is 116 g/mol. The van der Waals surface area contributed by atoms with Gasteiger partial charge in [-0.25, -0.2) is 0 Å². The number of hydrogen-bond donors (Lipinski definition) is 1. The maximum absolute atomic E-state index is 5.08. The molecule has 2 rings (SSSR count). The quantitative estimate of drug-likeness (QED) is 0.474. The molecule has 9 heavy (non-hydrogen) atoms. The summed E-state index contributed by atoms with van der Waals surface area (Å²) >= 11 is 0. The highest BCUT2D eigenvalue weighted by Crippen LogP contribution is 2.19. The molecule has 2 fully saturated rings. The first-order valence-corrected chi connectivity index (χ1v) is 3.42. The Labute approximate surface area is 54.9 Å². The van der Waals surface area contributed by atoms with Crippen LogP contribution in [0.5, 0.6) is 0 Å². The molecule has 2 heterocycles. The largest absolute Gasteiger partial charge is 0.304 e. The van der Waals surface area contributed by atoms with Crippen LogP contribution in [0.4, 0.5) is 0 Å². The van der Waals surface area contributed by atoms with Crippen LogP contribution in [-0.4, -0.2) is 37.7 Å². The summed E-state index contributed by atoms with van der Waals surface area (Å²) in [6.45, 7) is 3.23. The van der Waals surface area contributed by atoms with Crippen LogP contribution in [0, 0.1) is 5.92 Å². The Morgan fingerprint density at radius 1 is 1.56 bits per heavy atom. The Hall–Kier alpha value is -0.120. The lowest BCUT2D eigenvalue weighted by molar-refractivity contribution is 0.0744. The minimum atomic E-state index is 0.606. The molecule has 52 valence electrons. The Morgan fingerprint density at radius 3 is 3.22 bits per heavy atom. The van der Waals surface area contributed by atoms with E-state index in [9.17, 15) is 0 Å². The Bertz CT molecular complexity index is 106. The third-order valence-corrected chi connectivity index (χ3v) is 2.16. The van der Waals surface area contributed by atoms with E-state index < -0.39 is 0 Å². The van der Waals surface area contributed by atoms with Crippen LogP contribution in [0.15, 0.2) is 0 Å². The zero-order valence-corrected chi connectivity index (χ0v) is 5.63. The fraction of sp³-hybridized carbons (Fsp3) is 1.00. The Kier molecular flexibility index (Phi) is 1.22. The molecule has 0 saturated carbocycles. The number of fused-ring (bicyclic) bond motifs is 1. The third kappa shape index (κ3) is 0.852. The van der Waals surface area contributed by atoms with Crippen molar-refractivity contribution in [2.75, 3.05) is 26.7 Å². The lowest BCUT2D eigenvalue weighted by Gasteiger charge is -2.07. The average molecular weight is 128 g/mol. The van der Waals surface area contributed by atoms with E-state index in [2.05, 4.69) is 17.4 Å². The van der Waals surface area contributed by atoms with E-state index in [1.165, 1.54) is 6.54 Å². The summed E-state index contributed by atoms with van der Waals surface area (Å²) in [6.07, 6.45) is 0. The molecule has 0 aromatic rings. The highest BCUT2D eigenvalue weighted by molar-refractivity contribution is 4.88. The van der Waals surface area contributed by atoms with E-state index in [1.807, 2.05) is 0 Å². The second-order valence-corrected chi connectivity index (χ2v) is 3.02. The number of hydroxylamine groups is 1. The minimum absolute atomic E-state index is 0.606. The summed E-state index contributed by atoms with van der Waals surface area (Å²) in [7, 11) is 2.15. The molecule has 0 amide bonds. The summed E-state index contributed by atoms with van der Waals surface area (Å²) in [6, 6.07) is 0.606. The molecule has 0 spiro atoms. The fourth-order valence-electron chi connectivity index (χ4n) is 1.65. The van der Waals surface area contributed by atoms with Crippen molar-refractivity contribution >= 4 is 0 Å². The molecule has 1 N–H and O–H groups in total. The van der Waals surface area contributed by atoms with E-state index in [1.54, 1.807) is 0 Å².